The van der Waals surface area contributed by atoms with Gasteiger partial charge in [-0.15, -0.1) is 0 Å². The quantitative estimate of drug-likeness (QED) is 0.829. The highest BCUT2D eigenvalue weighted by Gasteiger charge is 2.33. The highest BCUT2D eigenvalue weighted by atomic mass is 19.4. The molecule has 1 saturated heterocycles. The smallest absolute Gasteiger partial charge is 0.417 e. The van der Waals surface area contributed by atoms with Gasteiger partial charge in [0.2, 0.25) is 0 Å². The number of nitrogens with zero attached hydrogens (tertiary/aromatic N) is 2. The summed E-state index contributed by atoms with van der Waals surface area (Å²) in [5, 5.41) is 8.80. The van der Waals surface area contributed by atoms with E-state index in [2.05, 4.69) is 4.90 Å². The van der Waals surface area contributed by atoms with E-state index in [1.807, 2.05) is 7.05 Å². The van der Waals surface area contributed by atoms with Crippen LogP contribution in [0.2, 0.25) is 0 Å². The average Bonchev–Trinajstić information content (AvgIpc) is 2.73. The van der Waals surface area contributed by atoms with Crippen LogP contribution in [0.15, 0.2) is 18.2 Å². The van der Waals surface area contributed by atoms with E-state index >= 15 is 0 Å². The van der Waals surface area contributed by atoms with Gasteiger partial charge in [-0.25, -0.2) is 0 Å². The number of likely N-dealkylation sites (N-methyl/N-ethyl adjacent to an activating group) is 1. The molecule has 102 valence electrons. The van der Waals surface area contributed by atoms with Gasteiger partial charge in [0.25, 0.3) is 0 Å². The number of likely N-dealkylation sites (tertiary alicyclic amines) is 1. The van der Waals surface area contributed by atoms with E-state index in [-0.39, 0.29) is 6.10 Å². The zero-order valence-electron chi connectivity index (χ0n) is 10.4. The highest BCUT2D eigenvalue weighted by molar-refractivity contribution is 5.44. The Hall–Kier alpha value is -1.74. The molecule has 1 unspecified atom stereocenters. The molecule has 19 heavy (non-hydrogen) atoms. The molecule has 0 amide bonds. The first-order chi connectivity index (χ1) is 8.90. The van der Waals surface area contributed by atoms with Gasteiger partial charge in [-0.05, 0) is 31.7 Å². The standard InChI is InChI=1S/C13H13F3N2O/c1-18-5-4-11(8-18)19-10-2-3-12(13(14,15)16)9(6-10)7-17/h2-3,6,11H,4-5,8H2,1H3. The SMILES string of the molecule is CN1CCC(Oc2ccc(C(F)(F)F)c(C#N)c2)C1. The predicted octanol–water partition coefficient (Wildman–Crippen LogP) is 2.66. The topological polar surface area (TPSA) is 36.3 Å². The van der Waals surface area contributed by atoms with Gasteiger partial charge < -0.3 is 9.64 Å². The van der Waals surface area contributed by atoms with Gasteiger partial charge in [-0.1, -0.05) is 0 Å². The number of hydrogen-bond acceptors (Lipinski definition) is 3. The van der Waals surface area contributed by atoms with E-state index in [0.717, 1.165) is 31.6 Å². The summed E-state index contributed by atoms with van der Waals surface area (Å²) >= 11 is 0. The second-order valence-corrected chi connectivity index (χ2v) is 4.61. The highest BCUT2D eigenvalue weighted by Crippen LogP contribution is 2.33. The van der Waals surface area contributed by atoms with Crippen LogP contribution < -0.4 is 4.74 Å². The van der Waals surface area contributed by atoms with Crippen LogP contribution in [-0.2, 0) is 6.18 Å². The van der Waals surface area contributed by atoms with E-state index in [1.165, 1.54) is 6.07 Å². The zero-order valence-corrected chi connectivity index (χ0v) is 10.4. The van der Waals surface area contributed by atoms with Crippen LogP contribution in [0.3, 0.4) is 0 Å². The predicted molar refractivity (Wildman–Crippen MR) is 62.7 cm³/mol. The first kappa shape index (κ1) is 13.7. The number of rotatable bonds is 2. The third kappa shape index (κ3) is 3.18. The minimum atomic E-state index is -4.52. The van der Waals surface area contributed by atoms with Crippen molar-refractivity contribution in [3.63, 3.8) is 0 Å². The lowest BCUT2D eigenvalue weighted by molar-refractivity contribution is -0.137. The lowest BCUT2D eigenvalue weighted by Gasteiger charge is -2.15. The molecule has 2 rings (SSSR count). The molecular weight excluding hydrogens is 257 g/mol. The molecule has 1 fully saturated rings. The van der Waals surface area contributed by atoms with Gasteiger partial charge in [0.1, 0.15) is 11.9 Å². The van der Waals surface area contributed by atoms with Crippen LogP contribution >= 0.6 is 0 Å². The summed E-state index contributed by atoms with van der Waals surface area (Å²) in [7, 11) is 1.96. The molecule has 1 heterocycles. The van der Waals surface area contributed by atoms with Gasteiger partial charge in [-0.3, -0.25) is 0 Å². The molecule has 1 aromatic carbocycles. The summed E-state index contributed by atoms with van der Waals surface area (Å²) < 4.78 is 43.5. The van der Waals surface area contributed by atoms with Crippen molar-refractivity contribution in [2.24, 2.45) is 0 Å². The first-order valence-corrected chi connectivity index (χ1v) is 5.86. The normalized spacial score (nSPS) is 20.3. The van der Waals surface area contributed by atoms with Crippen molar-refractivity contribution in [3.8, 4) is 11.8 Å². The maximum Gasteiger partial charge on any atom is 0.417 e. The zero-order chi connectivity index (χ0) is 14.0. The fraction of sp³-hybridized carbons (Fsp3) is 0.462. The number of nitriles is 1. The molecule has 0 spiro atoms. The summed E-state index contributed by atoms with van der Waals surface area (Å²) in [4.78, 5) is 2.08. The van der Waals surface area contributed by atoms with Gasteiger partial charge in [0.05, 0.1) is 17.2 Å². The summed E-state index contributed by atoms with van der Waals surface area (Å²) in [6, 6.07) is 4.88. The Kier molecular flexibility index (Phi) is 3.67. The third-order valence-electron chi connectivity index (χ3n) is 3.07. The van der Waals surface area contributed by atoms with E-state index in [0.29, 0.717) is 5.75 Å². The van der Waals surface area contributed by atoms with Crippen molar-refractivity contribution < 1.29 is 17.9 Å². The van der Waals surface area contributed by atoms with E-state index in [9.17, 15) is 13.2 Å². The monoisotopic (exact) mass is 270 g/mol. The number of alkyl halides is 3. The molecule has 1 aliphatic rings. The molecule has 0 saturated carbocycles. The maximum absolute atomic E-state index is 12.6. The Morgan fingerprint density at radius 2 is 2.16 bits per heavy atom. The third-order valence-corrected chi connectivity index (χ3v) is 3.07. The summed E-state index contributed by atoms with van der Waals surface area (Å²) in [6.45, 7) is 1.64. The van der Waals surface area contributed by atoms with Crippen LogP contribution in [0, 0.1) is 11.3 Å². The Morgan fingerprint density at radius 3 is 2.68 bits per heavy atom. The molecule has 0 radical (unpaired) electrons. The van der Waals surface area contributed by atoms with E-state index < -0.39 is 17.3 Å². The average molecular weight is 270 g/mol. The van der Waals surface area contributed by atoms with Crippen molar-refractivity contribution in [1.29, 1.82) is 5.26 Å². The lowest BCUT2D eigenvalue weighted by Crippen LogP contribution is -2.21. The van der Waals surface area contributed by atoms with Gasteiger partial charge in [0, 0.05) is 13.1 Å². The summed E-state index contributed by atoms with van der Waals surface area (Å²) in [6.07, 6.45) is -3.72. The van der Waals surface area contributed by atoms with Crippen molar-refractivity contribution in [2.75, 3.05) is 20.1 Å². The van der Waals surface area contributed by atoms with E-state index in [1.54, 1.807) is 6.07 Å². The molecular formula is C13H13F3N2O. The number of halogens is 3. The second kappa shape index (κ2) is 5.10. The van der Waals surface area contributed by atoms with Gasteiger partial charge in [0.15, 0.2) is 0 Å². The fourth-order valence-electron chi connectivity index (χ4n) is 2.12. The van der Waals surface area contributed by atoms with Crippen LogP contribution in [0.4, 0.5) is 13.2 Å². The minimum absolute atomic E-state index is 0.0340. The molecule has 3 nitrogen and oxygen atoms in total. The molecule has 0 aliphatic carbocycles. The lowest BCUT2D eigenvalue weighted by atomic mass is 10.1. The molecule has 6 heteroatoms. The van der Waals surface area contributed by atoms with Crippen LogP contribution in [0.1, 0.15) is 17.5 Å². The van der Waals surface area contributed by atoms with Crippen LogP contribution in [0.5, 0.6) is 5.75 Å². The Bertz CT molecular complexity index is 508. The molecule has 0 bridgehead atoms. The summed E-state index contributed by atoms with van der Waals surface area (Å²) in [5.41, 5.74) is -1.33. The maximum atomic E-state index is 12.6. The first-order valence-electron chi connectivity index (χ1n) is 5.86. The van der Waals surface area contributed by atoms with Gasteiger partial charge in [-0.2, -0.15) is 18.4 Å². The molecule has 1 atom stereocenters. The van der Waals surface area contributed by atoms with Crippen molar-refractivity contribution in [2.45, 2.75) is 18.7 Å². The van der Waals surface area contributed by atoms with E-state index in [4.69, 9.17) is 10.00 Å². The molecule has 0 aromatic heterocycles. The Morgan fingerprint density at radius 1 is 1.42 bits per heavy atom. The van der Waals surface area contributed by atoms with Gasteiger partial charge >= 0.3 is 6.18 Å². The fourth-order valence-corrected chi connectivity index (χ4v) is 2.12. The van der Waals surface area contributed by atoms with Crippen molar-refractivity contribution >= 4 is 0 Å². The molecule has 1 aromatic rings. The Labute approximate surface area is 109 Å². The minimum Gasteiger partial charge on any atom is -0.489 e. The molecule has 1 aliphatic heterocycles. The van der Waals surface area contributed by atoms with Crippen molar-refractivity contribution in [3.05, 3.63) is 29.3 Å². The Balaban J connectivity index is 2.18. The molecule has 0 N–H and O–H groups in total. The second-order valence-electron chi connectivity index (χ2n) is 4.61. The van der Waals surface area contributed by atoms with Crippen molar-refractivity contribution in [1.82, 2.24) is 4.90 Å². The van der Waals surface area contributed by atoms with Crippen LogP contribution in [0.25, 0.3) is 0 Å². The van der Waals surface area contributed by atoms with Crippen LogP contribution in [-0.4, -0.2) is 31.1 Å². The summed E-state index contributed by atoms with van der Waals surface area (Å²) in [5.74, 6) is 0.310. The number of ether oxygens (including phenoxy) is 1. The number of benzene rings is 1. The number of hydrogen-bond donors (Lipinski definition) is 0. The largest absolute Gasteiger partial charge is 0.489 e.